The number of nitrogens with zero attached hydrogens (tertiary/aromatic N) is 1. The van der Waals surface area contributed by atoms with Crippen molar-refractivity contribution in [3.8, 4) is 6.07 Å². The lowest BCUT2D eigenvalue weighted by Crippen LogP contribution is -2.28. The average Bonchev–Trinajstić information content (AvgIpc) is 2.29. The van der Waals surface area contributed by atoms with Crippen molar-refractivity contribution >= 4 is 15.5 Å². The maximum absolute atomic E-state index is 11.6. The van der Waals surface area contributed by atoms with E-state index in [1.54, 1.807) is 45.0 Å². The normalized spacial score (nSPS) is 11.9. The van der Waals surface area contributed by atoms with Gasteiger partial charge in [-0.2, -0.15) is 5.26 Å². The van der Waals surface area contributed by atoms with E-state index < -0.39 is 15.4 Å². The molecular weight excluding hydrogens is 236 g/mol. The average molecular weight is 252 g/mol. The Morgan fingerprint density at radius 1 is 1.29 bits per heavy atom. The molecule has 0 atom stereocenters. The van der Waals surface area contributed by atoms with Crippen LogP contribution in [0.5, 0.6) is 0 Å². The third kappa shape index (κ3) is 3.46. The number of rotatable bonds is 4. The summed E-state index contributed by atoms with van der Waals surface area (Å²) in [5.41, 5.74) is 0.0529. The van der Waals surface area contributed by atoms with Crippen molar-refractivity contribution in [3.05, 3.63) is 24.3 Å². The lowest BCUT2D eigenvalue weighted by molar-refractivity contribution is 0.597. The van der Waals surface area contributed by atoms with E-state index in [0.29, 0.717) is 4.90 Å². The Hall–Kier alpha value is -1.54. The van der Waals surface area contributed by atoms with Crippen molar-refractivity contribution in [1.82, 2.24) is 0 Å². The molecule has 0 heterocycles. The molecule has 0 unspecified atom stereocenters. The van der Waals surface area contributed by atoms with Gasteiger partial charge in [-0.3, -0.25) is 0 Å². The van der Waals surface area contributed by atoms with Crippen LogP contribution in [0.4, 0.5) is 5.69 Å². The highest BCUT2D eigenvalue weighted by Crippen LogP contribution is 2.18. The standard InChI is InChI=1S/C12H16N2O2S/c1-4-17(15,16)11-7-5-10(6-8-11)14-12(2,3)9-13/h5-8,14H,4H2,1-3H3. The van der Waals surface area contributed by atoms with Crippen LogP contribution in [0.1, 0.15) is 20.8 Å². The molecule has 0 amide bonds. The van der Waals surface area contributed by atoms with Gasteiger partial charge >= 0.3 is 0 Å². The molecule has 0 aliphatic carbocycles. The zero-order valence-electron chi connectivity index (χ0n) is 10.2. The van der Waals surface area contributed by atoms with Crippen LogP contribution in [-0.4, -0.2) is 19.7 Å². The maximum Gasteiger partial charge on any atom is 0.178 e. The van der Waals surface area contributed by atoms with Gasteiger partial charge in [0.1, 0.15) is 5.54 Å². The number of nitrogens with one attached hydrogen (secondary N) is 1. The molecule has 4 nitrogen and oxygen atoms in total. The van der Waals surface area contributed by atoms with Crippen molar-refractivity contribution in [1.29, 1.82) is 5.26 Å². The summed E-state index contributed by atoms with van der Waals surface area (Å²) < 4.78 is 23.2. The van der Waals surface area contributed by atoms with E-state index in [1.807, 2.05) is 0 Å². The van der Waals surface area contributed by atoms with Gasteiger partial charge in [0.25, 0.3) is 0 Å². The minimum absolute atomic E-state index is 0.0868. The van der Waals surface area contributed by atoms with Crippen molar-refractivity contribution in [2.24, 2.45) is 0 Å². The maximum atomic E-state index is 11.6. The largest absolute Gasteiger partial charge is 0.368 e. The van der Waals surface area contributed by atoms with Gasteiger partial charge in [-0.1, -0.05) is 6.92 Å². The number of benzene rings is 1. The van der Waals surface area contributed by atoms with Gasteiger partial charge in [0.05, 0.1) is 16.7 Å². The Balaban J connectivity index is 2.95. The van der Waals surface area contributed by atoms with Crippen LogP contribution in [-0.2, 0) is 9.84 Å². The predicted octanol–water partition coefficient (Wildman–Crippen LogP) is 2.19. The first-order valence-electron chi connectivity index (χ1n) is 5.33. The quantitative estimate of drug-likeness (QED) is 0.891. The van der Waals surface area contributed by atoms with Crippen LogP contribution in [0.15, 0.2) is 29.2 Å². The summed E-state index contributed by atoms with van der Waals surface area (Å²) in [6.07, 6.45) is 0. The first kappa shape index (κ1) is 13.5. The second-order valence-corrected chi connectivity index (χ2v) is 6.57. The molecule has 0 aromatic heterocycles. The van der Waals surface area contributed by atoms with E-state index in [1.165, 1.54) is 0 Å². The Kier molecular flexibility index (Phi) is 3.79. The van der Waals surface area contributed by atoms with Crippen molar-refractivity contribution in [2.75, 3.05) is 11.1 Å². The van der Waals surface area contributed by atoms with Gasteiger partial charge in [0, 0.05) is 5.69 Å². The molecule has 0 radical (unpaired) electrons. The van der Waals surface area contributed by atoms with Crippen LogP contribution in [0.2, 0.25) is 0 Å². The highest BCUT2D eigenvalue weighted by atomic mass is 32.2. The van der Waals surface area contributed by atoms with Crippen LogP contribution in [0.25, 0.3) is 0 Å². The van der Waals surface area contributed by atoms with Crippen molar-refractivity contribution in [2.45, 2.75) is 31.2 Å². The van der Waals surface area contributed by atoms with Gasteiger partial charge in [0.15, 0.2) is 9.84 Å². The first-order valence-corrected chi connectivity index (χ1v) is 6.98. The fraction of sp³-hybridized carbons (Fsp3) is 0.417. The van der Waals surface area contributed by atoms with E-state index in [2.05, 4.69) is 11.4 Å². The molecule has 92 valence electrons. The second kappa shape index (κ2) is 4.76. The van der Waals surface area contributed by atoms with Gasteiger partial charge in [0.2, 0.25) is 0 Å². The lowest BCUT2D eigenvalue weighted by Gasteiger charge is -2.19. The highest BCUT2D eigenvalue weighted by molar-refractivity contribution is 7.91. The summed E-state index contributed by atoms with van der Waals surface area (Å²) in [4.78, 5) is 0.306. The molecule has 0 aliphatic heterocycles. The summed E-state index contributed by atoms with van der Waals surface area (Å²) in [7, 11) is -3.16. The molecular formula is C12H16N2O2S. The molecule has 1 N–H and O–H groups in total. The predicted molar refractivity (Wildman–Crippen MR) is 67.5 cm³/mol. The SMILES string of the molecule is CCS(=O)(=O)c1ccc(NC(C)(C)C#N)cc1. The van der Waals surface area contributed by atoms with E-state index in [0.717, 1.165) is 5.69 Å². The van der Waals surface area contributed by atoms with Gasteiger partial charge in [-0.25, -0.2) is 8.42 Å². The molecule has 1 rings (SSSR count). The zero-order chi connectivity index (χ0) is 13.1. The highest BCUT2D eigenvalue weighted by Gasteiger charge is 2.16. The molecule has 0 spiro atoms. The first-order chi connectivity index (χ1) is 7.80. The lowest BCUT2D eigenvalue weighted by atomic mass is 10.1. The number of nitriles is 1. The molecule has 0 saturated carbocycles. The summed E-state index contributed by atoms with van der Waals surface area (Å²) in [6.45, 7) is 5.12. The third-order valence-corrected chi connectivity index (χ3v) is 4.08. The number of hydrogen-bond acceptors (Lipinski definition) is 4. The van der Waals surface area contributed by atoms with Crippen LogP contribution in [0.3, 0.4) is 0 Å². The molecule has 0 bridgehead atoms. The van der Waals surface area contributed by atoms with Gasteiger partial charge < -0.3 is 5.32 Å². The van der Waals surface area contributed by atoms with E-state index in [9.17, 15) is 8.42 Å². The zero-order valence-corrected chi connectivity index (χ0v) is 11.0. The molecule has 17 heavy (non-hydrogen) atoms. The van der Waals surface area contributed by atoms with Gasteiger partial charge in [-0.05, 0) is 38.1 Å². The minimum Gasteiger partial charge on any atom is -0.368 e. The topological polar surface area (TPSA) is 70.0 Å². The Labute approximate surface area is 102 Å². The fourth-order valence-electron chi connectivity index (χ4n) is 1.30. The monoisotopic (exact) mass is 252 g/mol. The van der Waals surface area contributed by atoms with E-state index in [4.69, 9.17) is 5.26 Å². The minimum atomic E-state index is -3.16. The Morgan fingerprint density at radius 3 is 2.24 bits per heavy atom. The number of anilines is 1. The summed E-state index contributed by atoms with van der Waals surface area (Å²) in [5.74, 6) is 0.0868. The van der Waals surface area contributed by atoms with Crippen molar-refractivity contribution < 1.29 is 8.42 Å². The molecule has 1 aromatic carbocycles. The fourth-order valence-corrected chi connectivity index (χ4v) is 2.19. The van der Waals surface area contributed by atoms with Crippen LogP contribution in [0, 0.1) is 11.3 Å². The van der Waals surface area contributed by atoms with E-state index in [-0.39, 0.29) is 5.75 Å². The molecule has 0 aliphatic rings. The summed E-state index contributed by atoms with van der Waals surface area (Å²) in [5, 5.41) is 11.9. The smallest absolute Gasteiger partial charge is 0.178 e. The number of hydrogen-bond donors (Lipinski definition) is 1. The number of sulfone groups is 1. The summed E-state index contributed by atoms with van der Waals surface area (Å²) in [6, 6.07) is 8.55. The third-order valence-electron chi connectivity index (χ3n) is 2.33. The van der Waals surface area contributed by atoms with Gasteiger partial charge in [-0.15, -0.1) is 0 Å². The Morgan fingerprint density at radius 2 is 1.82 bits per heavy atom. The molecule has 0 fully saturated rings. The molecule has 0 saturated heterocycles. The second-order valence-electron chi connectivity index (χ2n) is 4.29. The van der Waals surface area contributed by atoms with Crippen LogP contribution >= 0.6 is 0 Å². The Bertz CT molecular complexity index is 525. The van der Waals surface area contributed by atoms with E-state index >= 15 is 0 Å². The van der Waals surface area contributed by atoms with Crippen LogP contribution < -0.4 is 5.32 Å². The molecule has 1 aromatic rings. The van der Waals surface area contributed by atoms with Crippen molar-refractivity contribution in [3.63, 3.8) is 0 Å². The molecule has 5 heteroatoms. The summed E-state index contributed by atoms with van der Waals surface area (Å²) >= 11 is 0.